The molecule has 1 saturated heterocycles. The average Bonchev–Trinajstić information content (AvgIpc) is 2.47. The lowest BCUT2D eigenvalue weighted by molar-refractivity contribution is 0.387. The molecule has 1 fully saturated rings. The molecule has 1 N–H and O–H groups in total. The lowest BCUT2D eigenvalue weighted by atomic mass is 10.0. The Balaban J connectivity index is 2.12. The third-order valence-corrected chi connectivity index (χ3v) is 3.55. The number of pyridine rings is 1. The number of hydrogen-bond donors (Lipinski definition) is 1. The van der Waals surface area contributed by atoms with E-state index in [1.54, 1.807) is 19.2 Å². The molecule has 5 heteroatoms. The van der Waals surface area contributed by atoms with Gasteiger partial charge in [0.25, 0.3) is 5.56 Å². The number of nitrogens with zero attached hydrogens (tertiary/aromatic N) is 2. The van der Waals surface area contributed by atoms with E-state index in [9.17, 15) is 4.79 Å². The van der Waals surface area contributed by atoms with Gasteiger partial charge in [-0.05, 0) is 31.5 Å². The summed E-state index contributed by atoms with van der Waals surface area (Å²) in [7, 11) is 1.55. The second-order valence-corrected chi connectivity index (χ2v) is 4.78. The van der Waals surface area contributed by atoms with Crippen LogP contribution >= 0.6 is 0 Å². The molecule has 1 unspecified atom stereocenters. The van der Waals surface area contributed by atoms with Gasteiger partial charge in [0.1, 0.15) is 5.65 Å². The summed E-state index contributed by atoms with van der Waals surface area (Å²) in [5, 5.41) is 3.41. The van der Waals surface area contributed by atoms with E-state index < -0.39 is 0 Å². The van der Waals surface area contributed by atoms with Crippen LogP contribution < -0.4 is 15.6 Å². The molecule has 0 spiro atoms. The van der Waals surface area contributed by atoms with Crippen LogP contribution in [0.4, 0.5) is 0 Å². The van der Waals surface area contributed by atoms with Gasteiger partial charge in [-0.3, -0.25) is 4.79 Å². The number of aromatic nitrogens is 2. The minimum atomic E-state index is -0.0928. The molecule has 0 saturated carbocycles. The number of hydrogen-bond acceptors (Lipinski definition) is 4. The summed E-state index contributed by atoms with van der Waals surface area (Å²) < 4.78 is 6.69. The maximum atomic E-state index is 12.2. The average molecular weight is 259 g/mol. The molecular weight excluding hydrogens is 242 g/mol. The van der Waals surface area contributed by atoms with E-state index >= 15 is 0 Å². The maximum absolute atomic E-state index is 12.2. The van der Waals surface area contributed by atoms with Crippen molar-refractivity contribution in [3.63, 3.8) is 0 Å². The summed E-state index contributed by atoms with van der Waals surface area (Å²) in [6, 6.07) is 7.24. The third-order valence-electron chi connectivity index (χ3n) is 3.55. The van der Waals surface area contributed by atoms with Gasteiger partial charge in [0, 0.05) is 12.1 Å². The largest absolute Gasteiger partial charge is 0.482 e. The molecule has 0 aromatic carbocycles. The fourth-order valence-corrected chi connectivity index (χ4v) is 2.58. The number of methoxy groups -OCH3 is 1. The van der Waals surface area contributed by atoms with Crippen molar-refractivity contribution in [2.24, 2.45) is 0 Å². The molecule has 2 aromatic rings. The minimum Gasteiger partial charge on any atom is -0.482 e. The van der Waals surface area contributed by atoms with Crippen LogP contribution in [0.15, 0.2) is 29.1 Å². The standard InChI is InChI=1S/C14H17N3O2/c1-19-14-7-4-6-12-16-11(9-13(18)17(12)14)10-5-2-3-8-15-10/h4,6-7,9-10,15H,2-3,5,8H2,1H3. The number of piperidine rings is 1. The van der Waals surface area contributed by atoms with Crippen LogP contribution in [0.5, 0.6) is 5.88 Å². The van der Waals surface area contributed by atoms with Crippen molar-refractivity contribution >= 4 is 5.65 Å². The normalized spacial score (nSPS) is 19.5. The molecule has 0 aliphatic carbocycles. The van der Waals surface area contributed by atoms with Gasteiger partial charge in [0.2, 0.25) is 5.88 Å². The highest BCUT2D eigenvalue weighted by atomic mass is 16.5. The Morgan fingerprint density at radius 3 is 3.05 bits per heavy atom. The Labute approximate surface area is 111 Å². The number of ether oxygens (including phenoxy) is 1. The molecule has 1 atom stereocenters. The smallest absolute Gasteiger partial charge is 0.261 e. The van der Waals surface area contributed by atoms with Crippen LogP contribution in [0.25, 0.3) is 5.65 Å². The van der Waals surface area contributed by atoms with E-state index in [-0.39, 0.29) is 11.6 Å². The summed E-state index contributed by atoms with van der Waals surface area (Å²) in [6.45, 7) is 0.990. The van der Waals surface area contributed by atoms with Gasteiger partial charge in [-0.15, -0.1) is 0 Å². The van der Waals surface area contributed by atoms with Crippen molar-refractivity contribution in [1.82, 2.24) is 14.7 Å². The van der Waals surface area contributed by atoms with E-state index in [0.717, 1.165) is 18.7 Å². The zero-order valence-electron chi connectivity index (χ0n) is 10.9. The Morgan fingerprint density at radius 2 is 2.32 bits per heavy atom. The fraction of sp³-hybridized carbons (Fsp3) is 0.429. The van der Waals surface area contributed by atoms with Crippen LogP contribution in [0, 0.1) is 0 Å². The molecule has 3 heterocycles. The summed E-state index contributed by atoms with van der Waals surface area (Å²) in [6.07, 6.45) is 3.40. The van der Waals surface area contributed by atoms with E-state index in [1.165, 1.54) is 17.2 Å². The second-order valence-electron chi connectivity index (χ2n) is 4.78. The molecule has 3 rings (SSSR count). The lowest BCUT2D eigenvalue weighted by Gasteiger charge is -2.23. The first-order valence-electron chi connectivity index (χ1n) is 6.60. The molecule has 0 amide bonds. The van der Waals surface area contributed by atoms with Gasteiger partial charge in [-0.2, -0.15) is 0 Å². The third kappa shape index (κ3) is 2.21. The number of nitrogens with one attached hydrogen (secondary N) is 1. The summed E-state index contributed by atoms with van der Waals surface area (Å²) in [5.74, 6) is 0.512. The quantitative estimate of drug-likeness (QED) is 0.888. The van der Waals surface area contributed by atoms with Gasteiger partial charge >= 0.3 is 0 Å². The molecule has 1 aliphatic heterocycles. The monoisotopic (exact) mass is 259 g/mol. The molecule has 100 valence electrons. The first-order chi connectivity index (χ1) is 9.29. The second kappa shape index (κ2) is 5.01. The fourth-order valence-electron chi connectivity index (χ4n) is 2.58. The zero-order valence-corrected chi connectivity index (χ0v) is 10.9. The minimum absolute atomic E-state index is 0.0928. The van der Waals surface area contributed by atoms with Gasteiger partial charge in [0.15, 0.2) is 0 Å². The van der Waals surface area contributed by atoms with Crippen molar-refractivity contribution in [2.75, 3.05) is 13.7 Å². The van der Waals surface area contributed by atoms with Crippen molar-refractivity contribution < 1.29 is 4.74 Å². The van der Waals surface area contributed by atoms with Gasteiger partial charge in [0.05, 0.1) is 12.8 Å². The van der Waals surface area contributed by atoms with Crippen LogP contribution in [0.1, 0.15) is 31.0 Å². The highest BCUT2D eigenvalue weighted by Gasteiger charge is 2.17. The van der Waals surface area contributed by atoms with E-state index in [2.05, 4.69) is 10.3 Å². The predicted octanol–water partition coefficient (Wildman–Crippen LogP) is 1.52. The summed E-state index contributed by atoms with van der Waals surface area (Å²) >= 11 is 0. The molecule has 0 bridgehead atoms. The van der Waals surface area contributed by atoms with Crippen molar-refractivity contribution in [2.45, 2.75) is 25.3 Å². The van der Waals surface area contributed by atoms with Crippen LogP contribution in [0.2, 0.25) is 0 Å². The van der Waals surface area contributed by atoms with Gasteiger partial charge in [-0.25, -0.2) is 9.38 Å². The predicted molar refractivity (Wildman–Crippen MR) is 72.6 cm³/mol. The van der Waals surface area contributed by atoms with Crippen molar-refractivity contribution in [3.8, 4) is 5.88 Å². The van der Waals surface area contributed by atoms with E-state index in [0.29, 0.717) is 11.5 Å². The first-order valence-corrected chi connectivity index (χ1v) is 6.60. The number of fused-ring (bicyclic) bond motifs is 1. The Hall–Kier alpha value is -1.88. The molecule has 5 nitrogen and oxygen atoms in total. The number of rotatable bonds is 2. The van der Waals surface area contributed by atoms with E-state index in [1.807, 2.05) is 12.1 Å². The zero-order chi connectivity index (χ0) is 13.2. The highest BCUT2D eigenvalue weighted by molar-refractivity contribution is 5.42. The molecule has 0 radical (unpaired) electrons. The highest BCUT2D eigenvalue weighted by Crippen LogP contribution is 2.21. The van der Waals surface area contributed by atoms with Crippen LogP contribution in [-0.4, -0.2) is 23.0 Å². The first kappa shape index (κ1) is 12.2. The van der Waals surface area contributed by atoms with Gasteiger partial charge in [-0.1, -0.05) is 12.5 Å². The SMILES string of the molecule is COc1cccc2nc(C3CCCCN3)cc(=O)n12. The molecule has 1 aliphatic rings. The summed E-state index contributed by atoms with van der Waals surface area (Å²) in [4.78, 5) is 16.8. The molecular formula is C14H17N3O2. The van der Waals surface area contributed by atoms with Crippen LogP contribution in [-0.2, 0) is 0 Å². The molecule has 19 heavy (non-hydrogen) atoms. The van der Waals surface area contributed by atoms with Crippen molar-refractivity contribution in [1.29, 1.82) is 0 Å². The molecule has 2 aromatic heterocycles. The van der Waals surface area contributed by atoms with E-state index in [4.69, 9.17) is 4.74 Å². The van der Waals surface area contributed by atoms with Gasteiger partial charge < -0.3 is 10.1 Å². The Bertz CT molecular complexity index is 645. The summed E-state index contributed by atoms with van der Waals surface area (Å²) in [5.41, 5.74) is 1.37. The van der Waals surface area contributed by atoms with Crippen molar-refractivity contribution in [3.05, 3.63) is 40.3 Å². The topological polar surface area (TPSA) is 55.6 Å². The van der Waals surface area contributed by atoms with Crippen LogP contribution in [0.3, 0.4) is 0 Å². The lowest BCUT2D eigenvalue weighted by Crippen LogP contribution is -2.29. The maximum Gasteiger partial charge on any atom is 0.261 e. The Morgan fingerprint density at radius 1 is 1.42 bits per heavy atom. The Kier molecular flexibility index (Phi) is 3.21.